The summed E-state index contributed by atoms with van der Waals surface area (Å²) in [5, 5.41) is 14.3. The first-order valence-electron chi connectivity index (χ1n) is 7.33. The van der Waals surface area contributed by atoms with Gasteiger partial charge in [0, 0.05) is 17.2 Å². The van der Waals surface area contributed by atoms with Gasteiger partial charge in [0.15, 0.2) is 5.03 Å². The van der Waals surface area contributed by atoms with Gasteiger partial charge in [-0.25, -0.2) is 0 Å². The first-order valence-corrected chi connectivity index (χ1v) is 9.57. The van der Waals surface area contributed by atoms with E-state index < -0.39 is 0 Å². The zero-order valence-corrected chi connectivity index (χ0v) is 15.3. The molecule has 0 aliphatic rings. The first-order chi connectivity index (χ1) is 11.7. The molecule has 124 valence electrons. The molecule has 0 bridgehead atoms. The monoisotopic (exact) mass is 378 g/mol. The summed E-state index contributed by atoms with van der Waals surface area (Å²) in [5.41, 5.74) is 0.540. The van der Waals surface area contributed by atoms with Gasteiger partial charge in [-0.1, -0.05) is 41.6 Å². The van der Waals surface area contributed by atoms with Crippen molar-refractivity contribution in [3.63, 3.8) is 0 Å². The maximum Gasteiger partial charge on any atom is 0.287 e. The van der Waals surface area contributed by atoms with Crippen LogP contribution in [0.2, 0.25) is 5.02 Å². The molecule has 0 aliphatic carbocycles. The minimum atomic E-state index is -0.149. The number of benzene rings is 1. The van der Waals surface area contributed by atoms with E-state index in [1.807, 2.05) is 42.6 Å². The van der Waals surface area contributed by atoms with Crippen molar-refractivity contribution in [1.29, 1.82) is 0 Å². The summed E-state index contributed by atoms with van der Waals surface area (Å²) in [6, 6.07) is 11.3. The molecule has 0 radical (unpaired) electrons. The Morgan fingerprint density at radius 1 is 1.25 bits per heavy atom. The van der Waals surface area contributed by atoms with Crippen LogP contribution < -0.4 is 10.9 Å². The summed E-state index contributed by atoms with van der Waals surface area (Å²) >= 11 is 9.21. The summed E-state index contributed by atoms with van der Waals surface area (Å²) in [6.45, 7) is 2.39. The molecule has 0 saturated carbocycles. The minimum Gasteiger partial charge on any atom is -0.323 e. The van der Waals surface area contributed by atoms with Gasteiger partial charge in [-0.15, -0.1) is 21.5 Å². The second-order valence-electron chi connectivity index (χ2n) is 4.85. The number of thioether (sulfide) groups is 1. The summed E-state index contributed by atoms with van der Waals surface area (Å²) in [7, 11) is 0. The maximum atomic E-state index is 12.6. The van der Waals surface area contributed by atoms with Crippen LogP contribution in [0.3, 0.4) is 0 Å². The van der Waals surface area contributed by atoms with Crippen LogP contribution >= 0.6 is 34.7 Å². The Morgan fingerprint density at radius 3 is 2.79 bits per heavy atom. The van der Waals surface area contributed by atoms with E-state index in [9.17, 15) is 4.79 Å². The van der Waals surface area contributed by atoms with Crippen LogP contribution in [0.5, 0.6) is 0 Å². The summed E-state index contributed by atoms with van der Waals surface area (Å²) in [5.74, 6) is 1.10. The van der Waals surface area contributed by atoms with Crippen molar-refractivity contribution in [3.8, 4) is 0 Å². The molecule has 0 spiro atoms. The van der Waals surface area contributed by atoms with Crippen LogP contribution in [0.25, 0.3) is 0 Å². The van der Waals surface area contributed by atoms with Crippen LogP contribution in [0.15, 0.2) is 51.6 Å². The molecule has 0 atom stereocenters. The number of halogens is 1. The second kappa shape index (κ2) is 7.83. The van der Waals surface area contributed by atoms with Crippen LogP contribution in [0.1, 0.15) is 11.8 Å². The second-order valence-corrected chi connectivity index (χ2v) is 7.25. The number of thiophene rings is 1. The Balaban J connectivity index is 1.85. The average Bonchev–Trinajstić information content (AvgIpc) is 3.10. The van der Waals surface area contributed by atoms with Crippen molar-refractivity contribution in [2.75, 3.05) is 5.32 Å². The lowest BCUT2D eigenvalue weighted by molar-refractivity contribution is 0.662. The number of aromatic nitrogens is 3. The highest BCUT2D eigenvalue weighted by atomic mass is 35.5. The molecule has 5 nitrogen and oxygen atoms in total. The summed E-state index contributed by atoms with van der Waals surface area (Å²) in [4.78, 5) is 13.8. The van der Waals surface area contributed by atoms with Crippen molar-refractivity contribution in [1.82, 2.24) is 14.8 Å². The van der Waals surface area contributed by atoms with Gasteiger partial charge in [0.2, 0.25) is 5.95 Å². The van der Waals surface area contributed by atoms with Gasteiger partial charge in [0.25, 0.3) is 5.56 Å². The maximum absolute atomic E-state index is 12.6. The highest BCUT2D eigenvalue weighted by Crippen LogP contribution is 2.24. The number of anilines is 2. The molecule has 0 saturated heterocycles. The van der Waals surface area contributed by atoms with Gasteiger partial charge in [0.05, 0.1) is 10.7 Å². The normalized spacial score (nSPS) is 10.8. The topological polar surface area (TPSA) is 59.8 Å². The number of rotatable bonds is 6. The van der Waals surface area contributed by atoms with Crippen LogP contribution in [-0.4, -0.2) is 14.8 Å². The molecular formula is C16H15ClN4OS2. The fraction of sp³-hybridized carbons (Fsp3) is 0.188. The molecular weight excluding hydrogens is 364 g/mol. The number of nitrogens with one attached hydrogen (secondary N) is 1. The zero-order valence-electron chi connectivity index (χ0n) is 12.9. The van der Waals surface area contributed by atoms with E-state index in [0.29, 0.717) is 34.0 Å². The summed E-state index contributed by atoms with van der Waals surface area (Å²) in [6.07, 6.45) is 0. The molecule has 0 amide bonds. The third kappa shape index (κ3) is 3.80. The van der Waals surface area contributed by atoms with E-state index in [0.717, 1.165) is 0 Å². The van der Waals surface area contributed by atoms with Crippen molar-refractivity contribution in [2.24, 2.45) is 0 Å². The van der Waals surface area contributed by atoms with Gasteiger partial charge < -0.3 is 5.32 Å². The number of nitrogens with zero attached hydrogens (tertiary/aromatic N) is 3. The van der Waals surface area contributed by atoms with Gasteiger partial charge in [0.1, 0.15) is 0 Å². The number of para-hydroxylation sites is 1. The minimum absolute atomic E-state index is 0.149. The highest BCUT2D eigenvalue weighted by Gasteiger charge is 2.13. The lowest BCUT2D eigenvalue weighted by Crippen LogP contribution is -2.26. The lowest BCUT2D eigenvalue weighted by Gasteiger charge is -2.13. The molecule has 3 rings (SSSR count). The smallest absolute Gasteiger partial charge is 0.287 e. The standard InChI is InChI=1S/C16H15ClN4OS2/c1-2-21-15(22)14(24-10-11-6-5-9-23-11)19-20-16(21)18-13-8-4-3-7-12(13)17/h3-9H,2,10H2,1H3,(H,18,20). The fourth-order valence-electron chi connectivity index (χ4n) is 2.09. The third-order valence-electron chi connectivity index (χ3n) is 3.29. The van der Waals surface area contributed by atoms with E-state index in [4.69, 9.17) is 11.6 Å². The molecule has 8 heteroatoms. The Morgan fingerprint density at radius 2 is 2.08 bits per heavy atom. The molecule has 0 unspecified atom stereocenters. The Kier molecular flexibility index (Phi) is 5.55. The third-order valence-corrected chi connectivity index (χ3v) is 5.66. The predicted octanol–water partition coefficient (Wildman–Crippen LogP) is 4.41. The molecule has 2 heterocycles. The van der Waals surface area contributed by atoms with Crippen molar-refractivity contribution in [2.45, 2.75) is 24.2 Å². The fourth-order valence-corrected chi connectivity index (χ4v) is 3.92. The summed E-state index contributed by atoms with van der Waals surface area (Å²) < 4.78 is 1.56. The van der Waals surface area contributed by atoms with Gasteiger partial charge in [-0.05, 0) is 30.5 Å². The first kappa shape index (κ1) is 17.0. The van der Waals surface area contributed by atoms with Crippen LogP contribution in [-0.2, 0) is 12.3 Å². The Bertz CT molecular complexity index is 880. The van der Waals surface area contributed by atoms with Crippen LogP contribution in [0, 0.1) is 0 Å². The SMILES string of the molecule is CCn1c(Nc2ccccc2Cl)nnc(SCc2cccs2)c1=O. The van der Waals surface area contributed by atoms with E-state index in [1.54, 1.807) is 22.0 Å². The van der Waals surface area contributed by atoms with Gasteiger partial charge in [-0.2, -0.15) is 0 Å². The average molecular weight is 379 g/mol. The lowest BCUT2D eigenvalue weighted by atomic mass is 10.3. The van der Waals surface area contributed by atoms with E-state index >= 15 is 0 Å². The highest BCUT2D eigenvalue weighted by molar-refractivity contribution is 7.98. The van der Waals surface area contributed by atoms with Gasteiger partial charge in [-0.3, -0.25) is 9.36 Å². The van der Waals surface area contributed by atoms with Crippen molar-refractivity contribution in [3.05, 3.63) is 62.0 Å². The largest absolute Gasteiger partial charge is 0.323 e. The van der Waals surface area contributed by atoms with E-state index in [1.165, 1.54) is 16.6 Å². The quantitative estimate of drug-likeness (QED) is 0.644. The van der Waals surface area contributed by atoms with Crippen LogP contribution in [0.4, 0.5) is 11.6 Å². The molecule has 0 fully saturated rings. The molecule has 1 aromatic carbocycles. The van der Waals surface area contributed by atoms with Crippen molar-refractivity contribution >= 4 is 46.3 Å². The van der Waals surface area contributed by atoms with Gasteiger partial charge >= 0.3 is 0 Å². The molecule has 0 aliphatic heterocycles. The molecule has 1 N–H and O–H groups in total. The Hall–Kier alpha value is -1.83. The number of hydrogen-bond donors (Lipinski definition) is 1. The molecule has 2 aromatic heterocycles. The number of hydrogen-bond acceptors (Lipinski definition) is 6. The van der Waals surface area contributed by atoms with E-state index in [-0.39, 0.29) is 5.56 Å². The Labute approximate surface area is 152 Å². The molecule has 24 heavy (non-hydrogen) atoms. The zero-order chi connectivity index (χ0) is 16.9. The molecule has 3 aromatic rings. The van der Waals surface area contributed by atoms with Crippen molar-refractivity contribution < 1.29 is 0 Å². The predicted molar refractivity (Wildman–Crippen MR) is 101 cm³/mol. The van der Waals surface area contributed by atoms with E-state index in [2.05, 4.69) is 15.5 Å².